The van der Waals surface area contributed by atoms with Gasteiger partial charge in [-0.2, -0.15) is 0 Å². The van der Waals surface area contributed by atoms with E-state index >= 15 is 0 Å². The zero-order chi connectivity index (χ0) is 21.8. The Morgan fingerprint density at radius 2 is 0.966 bits per heavy atom. The zero-order valence-electron chi connectivity index (χ0n) is 19.4. The van der Waals surface area contributed by atoms with Gasteiger partial charge in [-0.05, 0) is 51.4 Å². The van der Waals surface area contributed by atoms with Crippen LogP contribution in [0.2, 0.25) is 0 Å². The van der Waals surface area contributed by atoms with E-state index in [0.29, 0.717) is 6.42 Å². The van der Waals surface area contributed by atoms with Gasteiger partial charge in [-0.1, -0.05) is 89.5 Å². The average Bonchev–Trinajstić information content (AvgIpc) is 2.71. The van der Waals surface area contributed by atoms with E-state index in [4.69, 9.17) is 5.11 Å². The lowest BCUT2D eigenvalue weighted by Gasteiger charge is -2.00. The predicted octanol–water partition coefficient (Wildman–Crippen LogP) is 8.43. The monoisotopic (exact) mass is 408 g/mol. The highest BCUT2D eigenvalue weighted by Crippen LogP contribution is 2.10. The topological polar surface area (TPSA) is 54.4 Å². The number of unbranched alkanes of at least 4 members (excludes halogenated alkanes) is 13. The van der Waals surface area contributed by atoms with Gasteiger partial charge in [0.1, 0.15) is 6.29 Å². The van der Waals surface area contributed by atoms with Crippen LogP contribution < -0.4 is 0 Å². The standard InChI is InChI=1S/C14H26O2.C12H22O/c1-2-3-4-5-6-7-8-9-10-11-12-13-14(15)16;1-2-3-4-5-6-7-8-9-10-11-12-13/h3-4H,2,5-13H2,1H3,(H,15,16);3-4,12H,2,5-11H2,1H3/b2*4-3-. The van der Waals surface area contributed by atoms with Crippen molar-refractivity contribution < 1.29 is 14.7 Å². The SMILES string of the molecule is CC/C=C\CCCCCCCC=O.CC/C=C\CCCCCCCCCC(=O)O. The average molecular weight is 409 g/mol. The molecule has 170 valence electrons. The summed E-state index contributed by atoms with van der Waals surface area (Å²) in [5.41, 5.74) is 0. The van der Waals surface area contributed by atoms with E-state index < -0.39 is 5.97 Å². The molecule has 0 amide bonds. The van der Waals surface area contributed by atoms with Crippen LogP contribution >= 0.6 is 0 Å². The number of hydrogen-bond acceptors (Lipinski definition) is 2. The fraction of sp³-hybridized carbons (Fsp3) is 0.769. The van der Waals surface area contributed by atoms with Gasteiger partial charge in [0, 0.05) is 12.8 Å². The summed E-state index contributed by atoms with van der Waals surface area (Å²) >= 11 is 0. The number of carboxylic acids is 1. The molecule has 0 spiro atoms. The van der Waals surface area contributed by atoms with E-state index in [0.717, 1.165) is 44.8 Å². The van der Waals surface area contributed by atoms with Gasteiger partial charge in [-0.3, -0.25) is 4.79 Å². The highest BCUT2D eigenvalue weighted by atomic mass is 16.4. The maximum absolute atomic E-state index is 10.3. The van der Waals surface area contributed by atoms with Crippen LogP contribution in [0.3, 0.4) is 0 Å². The number of aldehydes is 1. The number of carbonyl (C=O) groups is 2. The Labute approximate surface area is 181 Å². The molecule has 0 fully saturated rings. The second kappa shape index (κ2) is 28.8. The van der Waals surface area contributed by atoms with Gasteiger partial charge in [0.25, 0.3) is 0 Å². The Bertz CT molecular complexity index is 385. The van der Waals surface area contributed by atoms with Gasteiger partial charge in [-0.25, -0.2) is 0 Å². The number of allylic oxidation sites excluding steroid dienone is 4. The van der Waals surface area contributed by atoms with Crippen molar-refractivity contribution in [3.05, 3.63) is 24.3 Å². The fourth-order valence-corrected chi connectivity index (χ4v) is 3.01. The Hall–Kier alpha value is -1.38. The molecular weight excluding hydrogens is 360 g/mol. The number of rotatable bonds is 20. The Balaban J connectivity index is 0. The van der Waals surface area contributed by atoms with E-state index in [1.165, 1.54) is 70.6 Å². The minimum atomic E-state index is -0.664. The second-order valence-electron chi connectivity index (χ2n) is 7.68. The molecule has 0 bridgehead atoms. The molecule has 3 nitrogen and oxygen atoms in total. The first-order chi connectivity index (χ1) is 14.2. The first kappa shape index (κ1) is 29.8. The summed E-state index contributed by atoms with van der Waals surface area (Å²) in [5.74, 6) is -0.664. The van der Waals surface area contributed by atoms with Crippen LogP contribution in [0.25, 0.3) is 0 Å². The molecular formula is C26H48O3. The van der Waals surface area contributed by atoms with E-state index in [1.54, 1.807) is 0 Å². The Morgan fingerprint density at radius 3 is 1.34 bits per heavy atom. The smallest absolute Gasteiger partial charge is 0.303 e. The molecule has 0 aliphatic carbocycles. The van der Waals surface area contributed by atoms with Gasteiger partial charge < -0.3 is 9.90 Å². The van der Waals surface area contributed by atoms with E-state index in [-0.39, 0.29) is 0 Å². The minimum Gasteiger partial charge on any atom is -0.481 e. The van der Waals surface area contributed by atoms with Gasteiger partial charge in [0.05, 0.1) is 0 Å². The number of carbonyl (C=O) groups excluding carboxylic acids is 1. The summed E-state index contributed by atoms with van der Waals surface area (Å²) in [6.07, 6.45) is 30.3. The van der Waals surface area contributed by atoms with Crippen molar-refractivity contribution >= 4 is 12.3 Å². The highest BCUT2D eigenvalue weighted by molar-refractivity contribution is 5.66. The molecule has 3 heteroatoms. The second-order valence-corrected chi connectivity index (χ2v) is 7.68. The quantitative estimate of drug-likeness (QED) is 0.125. The summed E-state index contributed by atoms with van der Waals surface area (Å²) in [7, 11) is 0. The van der Waals surface area contributed by atoms with Gasteiger partial charge >= 0.3 is 5.97 Å². The molecule has 0 aromatic heterocycles. The third kappa shape index (κ3) is 34.5. The normalized spacial score (nSPS) is 11.0. The van der Waals surface area contributed by atoms with Crippen molar-refractivity contribution in [1.82, 2.24) is 0 Å². The van der Waals surface area contributed by atoms with Crippen molar-refractivity contribution in [3.8, 4) is 0 Å². The molecule has 0 atom stereocenters. The number of aliphatic carboxylic acids is 1. The molecule has 0 saturated heterocycles. The summed E-state index contributed by atoms with van der Waals surface area (Å²) in [5, 5.41) is 8.45. The lowest BCUT2D eigenvalue weighted by Crippen LogP contribution is -1.93. The zero-order valence-corrected chi connectivity index (χ0v) is 19.4. The molecule has 0 heterocycles. The van der Waals surface area contributed by atoms with Crippen LogP contribution in [-0.4, -0.2) is 17.4 Å². The summed E-state index contributed by atoms with van der Waals surface area (Å²) in [6.45, 7) is 4.32. The van der Waals surface area contributed by atoms with Crippen LogP contribution in [0.5, 0.6) is 0 Å². The number of carboxylic acid groups (broad SMARTS) is 1. The lowest BCUT2D eigenvalue weighted by molar-refractivity contribution is -0.137. The van der Waals surface area contributed by atoms with Gasteiger partial charge in [-0.15, -0.1) is 0 Å². The van der Waals surface area contributed by atoms with Crippen LogP contribution in [0.15, 0.2) is 24.3 Å². The molecule has 0 aromatic rings. The maximum atomic E-state index is 10.3. The minimum absolute atomic E-state index is 0.335. The van der Waals surface area contributed by atoms with Crippen molar-refractivity contribution in [1.29, 1.82) is 0 Å². The van der Waals surface area contributed by atoms with Crippen LogP contribution in [-0.2, 0) is 9.59 Å². The largest absolute Gasteiger partial charge is 0.481 e. The molecule has 1 N–H and O–H groups in total. The molecule has 0 rings (SSSR count). The summed E-state index contributed by atoms with van der Waals surface area (Å²) in [4.78, 5) is 20.3. The highest BCUT2D eigenvalue weighted by Gasteiger charge is 1.96. The fourth-order valence-electron chi connectivity index (χ4n) is 3.01. The summed E-state index contributed by atoms with van der Waals surface area (Å²) in [6, 6.07) is 0. The van der Waals surface area contributed by atoms with Crippen molar-refractivity contribution in [2.45, 2.75) is 129 Å². The number of hydrogen-bond donors (Lipinski definition) is 1. The predicted molar refractivity (Wildman–Crippen MR) is 126 cm³/mol. The molecule has 0 aliphatic rings. The Kier molecular flexibility index (Phi) is 29.6. The molecule has 0 radical (unpaired) electrons. The molecule has 0 aliphatic heterocycles. The first-order valence-electron chi connectivity index (χ1n) is 12.1. The lowest BCUT2D eigenvalue weighted by atomic mass is 10.1. The summed E-state index contributed by atoms with van der Waals surface area (Å²) < 4.78 is 0. The molecule has 29 heavy (non-hydrogen) atoms. The van der Waals surface area contributed by atoms with E-state index in [9.17, 15) is 9.59 Å². The van der Waals surface area contributed by atoms with Gasteiger partial charge in [0.2, 0.25) is 0 Å². The third-order valence-corrected chi connectivity index (χ3v) is 4.76. The molecule has 0 aromatic carbocycles. The van der Waals surface area contributed by atoms with Crippen molar-refractivity contribution in [3.63, 3.8) is 0 Å². The van der Waals surface area contributed by atoms with E-state index in [2.05, 4.69) is 38.2 Å². The van der Waals surface area contributed by atoms with Crippen LogP contribution in [0, 0.1) is 0 Å². The van der Waals surface area contributed by atoms with Crippen molar-refractivity contribution in [2.24, 2.45) is 0 Å². The third-order valence-electron chi connectivity index (χ3n) is 4.76. The van der Waals surface area contributed by atoms with Gasteiger partial charge in [0.15, 0.2) is 0 Å². The Morgan fingerprint density at radius 1 is 0.586 bits per heavy atom. The maximum Gasteiger partial charge on any atom is 0.303 e. The van der Waals surface area contributed by atoms with Crippen molar-refractivity contribution in [2.75, 3.05) is 0 Å². The molecule has 0 unspecified atom stereocenters. The molecule has 0 saturated carbocycles. The van der Waals surface area contributed by atoms with Crippen LogP contribution in [0.4, 0.5) is 0 Å². The first-order valence-corrected chi connectivity index (χ1v) is 12.1. The van der Waals surface area contributed by atoms with E-state index in [1.807, 2.05) is 0 Å². The van der Waals surface area contributed by atoms with Crippen LogP contribution in [0.1, 0.15) is 129 Å².